The van der Waals surface area contributed by atoms with Crippen molar-refractivity contribution in [2.75, 3.05) is 0 Å². The molecule has 0 atom stereocenters. The van der Waals surface area contributed by atoms with Gasteiger partial charge in [0.05, 0.1) is 5.69 Å². The predicted octanol–water partition coefficient (Wildman–Crippen LogP) is 10.8. The Bertz CT molecular complexity index is 1620. The van der Waals surface area contributed by atoms with Crippen LogP contribution in [0.5, 0.6) is 0 Å². The van der Waals surface area contributed by atoms with Crippen molar-refractivity contribution in [2.45, 2.75) is 116 Å². The maximum atomic E-state index is 4.98. The zero-order valence-electron chi connectivity index (χ0n) is 26.6. The summed E-state index contributed by atoms with van der Waals surface area (Å²) in [6.45, 7) is 26.6. The molecular formula is C39H47N. The maximum Gasteiger partial charge on any atom is 0.0708 e. The zero-order chi connectivity index (χ0) is 29.0. The minimum Gasteiger partial charge on any atom is -0.256 e. The number of hydrogen-bond acceptors (Lipinski definition) is 1. The van der Waals surface area contributed by atoms with Crippen LogP contribution in [0.4, 0.5) is 0 Å². The van der Waals surface area contributed by atoms with Gasteiger partial charge in [0.25, 0.3) is 0 Å². The molecule has 0 bridgehead atoms. The normalized spacial score (nSPS) is 20.0. The summed E-state index contributed by atoms with van der Waals surface area (Å²) in [6, 6.07) is 20.8. The lowest BCUT2D eigenvalue weighted by atomic mass is 9.74. The van der Waals surface area contributed by atoms with Crippen LogP contribution in [-0.2, 0) is 27.1 Å². The van der Waals surface area contributed by atoms with Crippen molar-refractivity contribution in [3.63, 3.8) is 0 Å². The molecule has 208 valence electrons. The van der Waals surface area contributed by atoms with E-state index in [1.54, 1.807) is 22.3 Å². The van der Waals surface area contributed by atoms with Crippen molar-refractivity contribution in [3.05, 3.63) is 88.6 Å². The minimum absolute atomic E-state index is 0.0412. The largest absolute Gasteiger partial charge is 0.256 e. The Hall–Kier alpha value is -2.93. The Kier molecular flexibility index (Phi) is 5.66. The summed E-state index contributed by atoms with van der Waals surface area (Å²) in [5.41, 5.74) is 13.2. The second-order valence-electron chi connectivity index (χ2n) is 16.4. The Labute approximate surface area is 242 Å². The number of nitrogens with zero attached hydrogens (tertiary/aromatic N) is 1. The van der Waals surface area contributed by atoms with Gasteiger partial charge in [-0.15, -0.1) is 0 Å². The third-order valence-electron chi connectivity index (χ3n) is 9.92. The molecule has 1 aromatic heterocycles. The summed E-state index contributed by atoms with van der Waals surface area (Å²) in [6.07, 6.45) is 4.38. The van der Waals surface area contributed by atoms with E-state index in [4.69, 9.17) is 4.98 Å². The van der Waals surface area contributed by atoms with E-state index in [9.17, 15) is 0 Å². The Morgan fingerprint density at radius 1 is 0.625 bits per heavy atom. The molecule has 0 radical (unpaired) electrons. The monoisotopic (exact) mass is 529 g/mol. The van der Waals surface area contributed by atoms with E-state index in [0.29, 0.717) is 0 Å². The molecule has 0 N–H and O–H groups in total. The fourth-order valence-corrected chi connectivity index (χ4v) is 8.84. The average Bonchev–Trinajstić information content (AvgIpc) is 3.16. The van der Waals surface area contributed by atoms with Gasteiger partial charge in [0.2, 0.25) is 0 Å². The van der Waals surface area contributed by atoms with E-state index in [1.165, 1.54) is 45.9 Å². The zero-order valence-corrected chi connectivity index (χ0v) is 26.6. The highest BCUT2D eigenvalue weighted by molar-refractivity contribution is 5.91. The molecule has 0 saturated heterocycles. The Morgan fingerprint density at radius 2 is 1.20 bits per heavy atom. The molecule has 6 rings (SSSR count). The second kappa shape index (κ2) is 8.31. The summed E-state index contributed by atoms with van der Waals surface area (Å²) < 4.78 is 0. The minimum atomic E-state index is 0.0412. The first-order valence-electron chi connectivity index (χ1n) is 15.2. The highest BCUT2D eigenvalue weighted by Crippen LogP contribution is 2.60. The summed E-state index contributed by atoms with van der Waals surface area (Å²) in [5.74, 6) is 0. The molecule has 4 aromatic rings. The molecular weight excluding hydrogens is 482 g/mol. The van der Waals surface area contributed by atoms with Crippen molar-refractivity contribution in [1.29, 1.82) is 0 Å². The number of aromatic nitrogens is 1. The fourth-order valence-electron chi connectivity index (χ4n) is 8.84. The van der Waals surface area contributed by atoms with Crippen molar-refractivity contribution in [3.8, 4) is 22.4 Å². The van der Waals surface area contributed by atoms with Crippen molar-refractivity contribution in [1.82, 2.24) is 4.98 Å². The van der Waals surface area contributed by atoms with Crippen LogP contribution >= 0.6 is 0 Å². The SMILES string of the molecule is CC(C)(C)c1cc(-c2cc(-c3c4c(cc5c3C(C)(C)CC5(C)C)C(C)(C)CC4(C)C)ccn2)cc2ccccc12. The lowest BCUT2D eigenvalue weighted by Crippen LogP contribution is -2.20. The number of pyridine rings is 1. The smallest absolute Gasteiger partial charge is 0.0708 e. The molecule has 0 fully saturated rings. The van der Waals surface area contributed by atoms with Gasteiger partial charge < -0.3 is 0 Å². The first-order chi connectivity index (χ1) is 18.4. The predicted molar refractivity (Wildman–Crippen MR) is 173 cm³/mol. The number of rotatable bonds is 2. The van der Waals surface area contributed by atoms with Crippen molar-refractivity contribution < 1.29 is 0 Å². The molecule has 1 nitrogen and oxygen atoms in total. The van der Waals surface area contributed by atoms with Gasteiger partial charge >= 0.3 is 0 Å². The van der Waals surface area contributed by atoms with Gasteiger partial charge in [0.1, 0.15) is 0 Å². The molecule has 0 amide bonds. The number of hydrogen-bond donors (Lipinski definition) is 0. The van der Waals surface area contributed by atoms with Crippen LogP contribution < -0.4 is 0 Å². The van der Waals surface area contributed by atoms with Gasteiger partial charge in [-0.05, 0) is 114 Å². The lowest BCUT2D eigenvalue weighted by Gasteiger charge is -2.30. The summed E-state index contributed by atoms with van der Waals surface area (Å²) in [7, 11) is 0. The van der Waals surface area contributed by atoms with E-state index in [2.05, 4.69) is 131 Å². The Morgan fingerprint density at radius 3 is 1.77 bits per heavy atom. The standard InChI is InChI=1S/C39H47N/c1-35(2,3)28-19-26(18-24-14-12-13-15-27(24)28)31-20-25(16-17-40-31)32-33-29(36(4,5)22-38(33,8)9)21-30-34(32)39(10,11)23-37(30,6)7/h12-21H,22-23H2,1-11H3. The molecule has 2 aliphatic carbocycles. The van der Waals surface area contributed by atoms with Gasteiger partial charge in [-0.3, -0.25) is 4.98 Å². The van der Waals surface area contributed by atoms with Crippen LogP contribution in [0, 0.1) is 0 Å². The van der Waals surface area contributed by atoms with Gasteiger partial charge in [-0.25, -0.2) is 0 Å². The number of benzene rings is 3. The molecule has 0 spiro atoms. The molecule has 3 aromatic carbocycles. The molecule has 1 heterocycles. The van der Waals surface area contributed by atoms with Crippen LogP contribution in [0.25, 0.3) is 33.2 Å². The Balaban J connectivity index is 1.66. The first-order valence-corrected chi connectivity index (χ1v) is 15.2. The molecule has 0 unspecified atom stereocenters. The maximum absolute atomic E-state index is 4.98. The van der Waals surface area contributed by atoms with Crippen molar-refractivity contribution in [2.24, 2.45) is 0 Å². The third kappa shape index (κ3) is 4.07. The van der Waals surface area contributed by atoms with Crippen LogP contribution in [0.2, 0.25) is 0 Å². The summed E-state index contributed by atoms with van der Waals surface area (Å²) in [4.78, 5) is 4.98. The van der Waals surface area contributed by atoms with Gasteiger partial charge in [0, 0.05) is 11.8 Å². The lowest BCUT2D eigenvalue weighted by molar-refractivity contribution is 0.396. The summed E-state index contributed by atoms with van der Waals surface area (Å²) in [5, 5.41) is 2.62. The van der Waals surface area contributed by atoms with E-state index in [1.807, 2.05) is 6.20 Å². The molecule has 1 heteroatoms. The molecule has 0 aliphatic heterocycles. The van der Waals surface area contributed by atoms with Crippen molar-refractivity contribution >= 4 is 10.8 Å². The molecule has 40 heavy (non-hydrogen) atoms. The van der Waals surface area contributed by atoms with E-state index in [0.717, 1.165) is 5.69 Å². The van der Waals surface area contributed by atoms with Crippen LogP contribution in [0.3, 0.4) is 0 Å². The average molecular weight is 530 g/mol. The fraction of sp³-hybridized carbons (Fsp3) is 0.462. The van der Waals surface area contributed by atoms with E-state index in [-0.39, 0.29) is 27.1 Å². The summed E-state index contributed by atoms with van der Waals surface area (Å²) >= 11 is 0. The van der Waals surface area contributed by atoms with E-state index < -0.39 is 0 Å². The van der Waals surface area contributed by atoms with Gasteiger partial charge in [-0.1, -0.05) is 106 Å². The molecule has 2 aliphatic rings. The second-order valence-corrected chi connectivity index (χ2v) is 16.4. The van der Waals surface area contributed by atoms with Crippen LogP contribution in [-0.4, -0.2) is 4.98 Å². The van der Waals surface area contributed by atoms with Crippen LogP contribution in [0.1, 0.15) is 117 Å². The first kappa shape index (κ1) is 27.3. The highest BCUT2D eigenvalue weighted by atomic mass is 14.7. The highest BCUT2D eigenvalue weighted by Gasteiger charge is 2.50. The van der Waals surface area contributed by atoms with E-state index >= 15 is 0 Å². The molecule has 0 saturated carbocycles. The number of fused-ring (bicyclic) bond motifs is 3. The quantitative estimate of drug-likeness (QED) is 0.252. The van der Waals surface area contributed by atoms with Gasteiger partial charge in [-0.2, -0.15) is 0 Å². The topological polar surface area (TPSA) is 12.9 Å². The third-order valence-corrected chi connectivity index (χ3v) is 9.92. The van der Waals surface area contributed by atoms with Crippen LogP contribution in [0.15, 0.2) is 60.8 Å². The van der Waals surface area contributed by atoms with Gasteiger partial charge in [0.15, 0.2) is 0 Å².